The van der Waals surface area contributed by atoms with Crippen LogP contribution < -0.4 is 10.6 Å². The number of amides is 1. The van der Waals surface area contributed by atoms with Gasteiger partial charge in [0.05, 0.1) is 18.0 Å². The van der Waals surface area contributed by atoms with Gasteiger partial charge in [-0.2, -0.15) is 5.10 Å². The van der Waals surface area contributed by atoms with Crippen molar-refractivity contribution in [2.24, 2.45) is 0 Å². The molecule has 3 aromatic rings. The number of aromatic amines is 1. The zero-order valence-corrected chi connectivity index (χ0v) is 17.3. The third kappa shape index (κ3) is 5.14. The van der Waals surface area contributed by atoms with Gasteiger partial charge in [-0.25, -0.2) is 0 Å². The Morgan fingerprint density at radius 3 is 2.93 bits per heavy atom. The van der Waals surface area contributed by atoms with E-state index in [0.29, 0.717) is 25.2 Å². The molecular formula is C24H28N4O2. The Hall–Kier alpha value is -2.96. The van der Waals surface area contributed by atoms with Crippen LogP contribution in [0.4, 0.5) is 0 Å². The van der Waals surface area contributed by atoms with Gasteiger partial charge in [0.15, 0.2) is 0 Å². The molecule has 4 rings (SSSR count). The molecule has 0 spiro atoms. The summed E-state index contributed by atoms with van der Waals surface area (Å²) >= 11 is 0. The fourth-order valence-electron chi connectivity index (χ4n) is 3.77. The molecule has 0 aliphatic carbocycles. The minimum absolute atomic E-state index is 0.0519. The van der Waals surface area contributed by atoms with Crippen molar-refractivity contribution in [3.05, 3.63) is 77.0 Å². The third-order valence-corrected chi connectivity index (χ3v) is 5.37. The van der Waals surface area contributed by atoms with Crippen molar-refractivity contribution >= 4 is 5.91 Å². The molecule has 1 fully saturated rings. The number of ether oxygens (including phenoxy) is 1. The second-order valence-corrected chi connectivity index (χ2v) is 7.79. The molecule has 2 heterocycles. The number of aromatic nitrogens is 2. The van der Waals surface area contributed by atoms with Gasteiger partial charge in [-0.05, 0) is 43.5 Å². The highest BCUT2D eigenvalue weighted by atomic mass is 16.5. The SMILES string of the molecule is Cc1cccc(-c2[nH]ncc2CNCc2cccc(C(=O)NCC3CCCO3)c2)c1. The summed E-state index contributed by atoms with van der Waals surface area (Å²) in [5, 5.41) is 13.8. The van der Waals surface area contributed by atoms with Crippen molar-refractivity contribution in [1.82, 2.24) is 20.8 Å². The number of carbonyl (C=O) groups excluding carboxylic acids is 1. The van der Waals surface area contributed by atoms with Crippen LogP contribution in [0.5, 0.6) is 0 Å². The first-order valence-corrected chi connectivity index (χ1v) is 10.5. The van der Waals surface area contributed by atoms with Gasteiger partial charge in [-0.1, -0.05) is 35.9 Å². The van der Waals surface area contributed by atoms with Crippen molar-refractivity contribution < 1.29 is 9.53 Å². The maximum Gasteiger partial charge on any atom is 0.251 e. The molecule has 0 radical (unpaired) electrons. The van der Waals surface area contributed by atoms with Crippen LogP contribution in [0.25, 0.3) is 11.3 Å². The minimum atomic E-state index is -0.0519. The van der Waals surface area contributed by atoms with Crippen LogP contribution in [0.2, 0.25) is 0 Å². The summed E-state index contributed by atoms with van der Waals surface area (Å²) < 4.78 is 5.57. The maximum absolute atomic E-state index is 12.4. The van der Waals surface area contributed by atoms with Gasteiger partial charge >= 0.3 is 0 Å². The molecule has 156 valence electrons. The van der Waals surface area contributed by atoms with Gasteiger partial charge < -0.3 is 15.4 Å². The number of carbonyl (C=O) groups is 1. The number of aryl methyl sites for hydroxylation is 1. The lowest BCUT2D eigenvalue weighted by atomic mass is 10.1. The Bertz CT molecular complexity index is 992. The van der Waals surface area contributed by atoms with E-state index >= 15 is 0 Å². The quantitative estimate of drug-likeness (QED) is 0.536. The van der Waals surface area contributed by atoms with Crippen LogP contribution in [-0.4, -0.2) is 35.4 Å². The van der Waals surface area contributed by atoms with E-state index in [4.69, 9.17) is 4.74 Å². The number of benzene rings is 2. The molecule has 1 saturated heterocycles. The topological polar surface area (TPSA) is 79.0 Å². The first-order chi connectivity index (χ1) is 14.7. The summed E-state index contributed by atoms with van der Waals surface area (Å²) in [6.45, 7) is 4.82. The Kier molecular flexibility index (Phi) is 6.57. The highest BCUT2D eigenvalue weighted by molar-refractivity contribution is 5.94. The lowest BCUT2D eigenvalue weighted by Gasteiger charge is -2.11. The largest absolute Gasteiger partial charge is 0.376 e. The fourth-order valence-corrected chi connectivity index (χ4v) is 3.77. The van der Waals surface area contributed by atoms with Crippen LogP contribution in [0, 0.1) is 6.92 Å². The van der Waals surface area contributed by atoms with E-state index in [0.717, 1.165) is 41.8 Å². The first kappa shape index (κ1) is 20.3. The lowest BCUT2D eigenvalue weighted by molar-refractivity contribution is 0.0857. The van der Waals surface area contributed by atoms with Gasteiger partial charge in [-0.15, -0.1) is 0 Å². The summed E-state index contributed by atoms with van der Waals surface area (Å²) in [6.07, 6.45) is 4.10. The molecule has 6 heteroatoms. The van der Waals surface area contributed by atoms with E-state index in [9.17, 15) is 4.79 Å². The normalized spacial score (nSPS) is 16.0. The summed E-state index contributed by atoms with van der Waals surface area (Å²) in [4.78, 5) is 12.4. The van der Waals surface area contributed by atoms with E-state index in [1.807, 2.05) is 30.5 Å². The van der Waals surface area contributed by atoms with Gasteiger partial charge in [-0.3, -0.25) is 9.89 Å². The first-order valence-electron chi connectivity index (χ1n) is 10.5. The number of nitrogens with one attached hydrogen (secondary N) is 3. The maximum atomic E-state index is 12.4. The predicted molar refractivity (Wildman–Crippen MR) is 117 cm³/mol. The molecule has 0 saturated carbocycles. The van der Waals surface area contributed by atoms with Crippen LogP contribution >= 0.6 is 0 Å². The number of rotatable bonds is 8. The summed E-state index contributed by atoms with van der Waals surface area (Å²) in [5.41, 5.74) is 6.25. The van der Waals surface area contributed by atoms with Gasteiger partial charge in [0.2, 0.25) is 0 Å². The zero-order valence-electron chi connectivity index (χ0n) is 17.3. The fraction of sp³-hybridized carbons (Fsp3) is 0.333. The van der Waals surface area contributed by atoms with Crippen LogP contribution in [0.1, 0.15) is 39.9 Å². The molecule has 0 bridgehead atoms. The molecule has 6 nitrogen and oxygen atoms in total. The summed E-state index contributed by atoms with van der Waals surface area (Å²) in [6, 6.07) is 16.1. The molecule has 1 atom stereocenters. The van der Waals surface area contributed by atoms with Crippen LogP contribution in [0.3, 0.4) is 0 Å². The highest BCUT2D eigenvalue weighted by Gasteiger charge is 2.16. The smallest absolute Gasteiger partial charge is 0.251 e. The molecule has 3 N–H and O–H groups in total. The van der Waals surface area contributed by atoms with Crippen LogP contribution in [-0.2, 0) is 17.8 Å². The van der Waals surface area contributed by atoms with Gasteiger partial charge in [0.1, 0.15) is 0 Å². The standard InChI is InChI=1S/C24H28N4O2/c1-17-5-2-7-19(11-17)23-21(15-27-28-23)14-25-13-18-6-3-8-20(12-18)24(29)26-16-22-9-4-10-30-22/h2-3,5-8,11-12,15,22,25H,4,9-10,13-14,16H2,1H3,(H,26,29)(H,27,28). The predicted octanol–water partition coefficient (Wildman–Crippen LogP) is 3.58. The Labute approximate surface area is 177 Å². The molecule has 1 aliphatic rings. The third-order valence-electron chi connectivity index (χ3n) is 5.37. The Morgan fingerprint density at radius 2 is 2.10 bits per heavy atom. The number of hydrogen-bond acceptors (Lipinski definition) is 4. The average Bonchev–Trinajstić information content (AvgIpc) is 3.44. The van der Waals surface area contributed by atoms with Crippen molar-refractivity contribution in [2.45, 2.75) is 39.0 Å². The highest BCUT2D eigenvalue weighted by Crippen LogP contribution is 2.22. The minimum Gasteiger partial charge on any atom is -0.376 e. The van der Waals surface area contributed by atoms with E-state index in [-0.39, 0.29) is 12.0 Å². The molecule has 1 amide bonds. The molecule has 30 heavy (non-hydrogen) atoms. The van der Waals surface area contributed by atoms with Crippen molar-refractivity contribution in [1.29, 1.82) is 0 Å². The number of H-pyrrole nitrogens is 1. The second kappa shape index (κ2) is 9.69. The second-order valence-electron chi connectivity index (χ2n) is 7.79. The number of hydrogen-bond donors (Lipinski definition) is 3. The molecule has 1 unspecified atom stereocenters. The Morgan fingerprint density at radius 1 is 1.20 bits per heavy atom. The van der Waals surface area contributed by atoms with Gasteiger partial charge in [0, 0.05) is 42.9 Å². The van der Waals surface area contributed by atoms with Gasteiger partial charge in [0.25, 0.3) is 5.91 Å². The monoisotopic (exact) mass is 404 g/mol. The van der Waals surface area contributed by atoms with E-state index < -0.39 is 0 Å². The van der Waals surface area contributed by atoms with Crippen molar-refractivity contribution in [3.63, 3.8) is 0 Å². The van der Waals surface area contributed by atoms with E-state index in [1.54, 1.807) is 0 Å². The molecule has 1 aromatic heterocycles. The molecule has 2 aromatic carbocycles. The summed E-state index contributed by atoms with van der Waals surface area (Å²) in [5.74, 6) is -0.0519. The van der Waals surface area contributed by atoms with E-state index in [1.165, 1.54) is 5.56 Å². The van der Waals surface area contributed by atoms with Crippen molar-refractivity contribution in [2.75, 3.05) is 13.2 Å². The molecular weight excluding hydrogens is 376 g/mol. The zero-order chi connectivity index (χ0) is 20.8. The van der Waals surface area contributed by atoms with Crippen molar-refractivity contribution in [3.8, 4) is 11.3 Å². The average molecular weight is 405 g/mol. The van der Waals surface area contributed by atoms with E-state index in [2.05, 4.69) is 52.0 Å². The molecule has 1 aliphatic heterocycles. The number of nitrogens with zero attached hydrogens (tertiary/aromatic N) is 1. The lowest BCUT2D eigenvalue weighted by Crippen LogP contribution is -2.31. The summed E-state index contributed by atoms with van der Waals surface area (Å²) in [7, 11) is 0. The van der Waals surface area contributed by atoms with Crippen LogP contribution in [0.15, 0.2) is 54.7 Å². The Balaban J connectivity index is 1.32.